The van der Waals surface area contributed by atoms with E-state index in [2.05, 4.69) is 10.6 Å². The van der Waals surface area contributed by atoms with E-state index < -0.39 is 17.7 Å². The van der Waals surface area contributed by atoms with Crippen LogP contribution in [0.4, 0.5) is 11.4 Å². The predicted molar refractivity (Wildman–Crippen MR) is 113 cm³/mol. The van der Waals surface area contributed by atoms with Crippen LogP contribution in [0.5, 0.6) is 0 Å². The number of carbonyl (C=O) groups excluding carboxylic acids is 2. The van der Waals surface area contributed by atoms with Gasteiger partial charge in [0.1, 0.15) is 5.92 Å². The van der Waals surface area contributed by atoms with Crippen molar-refractivity contribution in [3.05, 3.63) is 56.6 Å². The lowest BCUT2D eigenvalue weighted by atomic mass is 10.0. The van der Waals surface area contributed by atoms with E-state index in [1.807, 2.05) is 39.8 Å². The van der Waals surface area contributed by atoms with Crippen LogP contribution in [0.15, 0.2) is 24.3 Å². The maximum absolute atomic E-state index is 12.7. The molecule has 2 amide bonds. The highest BCUT2D eigenvalue weighted by Gasteiger charge is 2.27. The van der Waals surface area contributed by atoms with Gasteiger partial charge in [0, 0.05) is 0 Å². The normalized spacial score (nSPS) is 10.8. The molecule has 0 heterocycles. The van der Waals surface area contributed by atoms with Gasteiger partial charge >= 0.3 is 0 Å². The van der Waals surface area contributed by atoms with Crippen LogP contribution < -0.4 is 10.6 Å². The Kier molecular flexibility index (Phi) is 6.90. The zero-order valence-corrected chi connectivity index (χ0v) is 17.7. The highest BCUT2D eigenvalue weighted by Crippen LogP contribution is 2.30. The van der Waals surface area contributed by atoms with E-state index in [9.17, 15) is 9.59 Å². The van der Waals surface area contributed by atoms with E-state index in [0.717, 1.165) is 22.3 Å². The minimum atomic E-state index is -0.862. The van der Waals surface area contributed by atoms with Crippen LogP contribution in [0.2, 0.25) is 10.0 Å². The van der Waals surface area contributed by atoms with E-state index in [0.29, 0.717) is 27.8 Å². The van der Waals surface area contributed by atoms with Gasteiger partial charge in [-0.05, 0) is 68.5 Å². The molecule has 0 aliphatic heterocycles. The summed E-state index contributed by atoms with van der Waals surface area (Å²) in [5, 5.41) is 6.50. The van der Waals surface area contributed by atoms with E-state index >= 15 is 0 Å². The number of nitrogens with one attached hydrogen (secondary N) is 2. The Hall–Kier alpha value is -2.04. The lowest BCUT2D eigenvalue weighted by Crippen LogP contribution is -2.34. The standard InChI is InChI=1S/C21H24Cl2N2O2/c1-6-15(20(26)24-18-13(4)7-11(2)9-16(18)22)21(27)25-19-14(5)8-12(3)10-17(19)23/h7-10,15H,6H2,1-5H3,(H,24,26)(H,25,27). The fraction of sp³-hybridized carbons (Fsp3) is 0.333. The van der Waals surface area contributed by atoms with Gasteiger partial charge in [-0.2, -0.15) is 0 Å². The molecule has 2 rings (SSSR count). The zero-order valence-electron chi connectivity index (χ0n) is 16.2. The fourth-order valence-electron chi connectivity index (χ4n) is 3.06. The van der Waals surface area contributed by atoms with Gasteiger partial charge in [0.2, 0.25) is 11.8 Å². The number of benzene rings is 2. The van der Waals surface area contributed by atoms with Crippen molar-refractivity contribution in [3.63, 3.8) is 0 Å². The lowest BCUT2D eigenvalue weighted by Gasteiger charge is -2.19. The van der Waals surface area contributed by atoms with Gasteiger partial charge in [-0.3, -0.25) is 9.59 Å². The molecule has 144 valence electrons. The molecular weight excluding hydrogens is 383 g/mol. The molecule has 2 aromatic rings. The summed E-state index contributed by atoms with van der Waals surface area (Å²) in [6.45, 7) is 9.38. The van der Waals surface area contributed by atoms with Gasteiger partial charge in [-0.25, -0.2) is 0 Å². The van der Waals surface area contributed by atoms with Crippen molar-refractivity contribution in [2.75, 3.05) is 10.6 Å². The van der Waals surface area contributed by atoms with Gasteiger partial charge in [0.05, 0.1) is 21.4 Å². The average molecular weight is 407 g/mol. The molecule has 0 spiro atoms. The molecule has 0 aliphatic carbocycles. The molecule has 0 aliphatic rings. The Bertz CT molecular complexity index is 776. The third kappa shape index (κ3) is 5.02. The second-order valence-corrected chi connectivity index (χ2v) is 7.63. The highest BCUT2D eigenvalue weighted by molar-refractivity contribution is 6.35. The smallest absolute Gasteiger partial charge is 0.236 e. The van der Waals surface area contributed by atoms with Gasteiger partial charge in [-0.15, -0.1) is 0 Å². The second-order valence-electron chi connectivity index (χ2n) is 6.82. The summed E-state index contributed by atoms with van der Waals surface area (Å²) in [6.07, 6.45) is 0.350. The minimum Gasteiger partial charge on any atom is -0.324 e. The molecule has 0 radical (unpaired) electrons. The van der Waals surface area contributed by atoms with Crippen molar-refractivity contribution in [3.8, 4) is 0 Å². The van der Waals surface area contributed by atoms with Gasteiger partial charge in [-0.1, -0.05) is 42.3 Å². The number of carbonyl (C=O) groups is 2. The van der Waals surface area contributed by atoms with Gasteiger partial charge in [0.15, 0.2) is 0 Å². The largest absolute Gasteiger partial charge is 0.324 e. The Morgan fingerprint density at radius 2 is 1.19 bits per heavy atom. The third-order valence-electron chi connectivity index (χ3n) is 4.40. The number of rotatable bonds is 5. The summed E-state index contributed by atoms with van der Waals surface area (Å²) in [5.74, 6) is -1.66. The van der Waals surface area contributed by atoms with Crippen LogP contribution in [-0.2, 0) is 9.59 Å². The summed E-state index contributed by atoms with van der Waals surface area (Å²) in [5.41, 5.74) is 4.77. The first-order valence-electron chi connectivity index (χ1n) is 8.79. The third-order valence-corrected chi connectivity index (χ3v) is 5.00. The molecular formula is C21H24Cl2N2O2. The van der Waals surface area contributed by atoms with E-state index in [1.54, 1.807) is 19.1 Å². The van der Waals surface area contributed by atoms with E-state index in [4.69, 9.17) is 23.2 Å². The summed E-state index contributed by atoms with van der Waals surface area (Å²) >= 11 is 12.5. The highest BCUT2D eigenvalue weighted by atomic mass is 35.5. The van der Waals surface area contributed by atoms with Crippen molar-refractivity contribution in [2.45, 2.75) is 41.0 Å². The van der Waals surface area contributed by atoms with Gasteiger partial charge in [0.25, 0.3) is 0 Å². The maximum Gasteiger partial charge on any atom is 0.236 e. The molecule has 0 saturated carbocycles. The van der Waals surface area contributed by atoms with Crippen LogP contribution in [0.25, 0.3) is 0 Å². The molecule has 0 atom stereocenters. The number of aryl methyl sites for hydroxylation is 4. The van der Waals surface area contributed by atoms with E-state index in [-0.39, 0.29) is 0 Å². The van der Waals surface area contributed by atoms with Crippen molar-refractivity contribution in [1.82, 2.24) is 0 Å². The molecule has 0 unspecified atom stereocenters. The molecule has 6 heteroatoms. The Labute approximate surface area is 170 Å². The predicted octanol–water partition coefficient (Wildman–Crippen LogP) is 5.83. The molecule has 0 aromatic heterocycles. The molecule has 0 saturated heterocycles. The number of amides is 2. The summed E-state index contributed by atoms with van der Waals surface area (Å²) in [6, 6.07) is 7.41. The molecule has 4 nitrogen and oxygen atoms in total. The fourth-order valence-corrected chi connectivity index (χ4v) is 3.80. The Morgan fingerprint density at radius 1 is 0.815 bits per heavy atom. The first-order chi connectivity index (χ1) is 12.6. The number of hydrogen-bond acceptors (Lipinski definition) is 2. The molecule has 0 fully saturated rings. The quantitative estimate of drug-likeness (QED) is 0.613. The van der Waals surface area contributed by atoms with E-state index in [1.165, 1.54) is 0 Å². The average Bonchev–Trinajstić information content (AvgIpc) is 2.55. The number of anilines is 2. The van der Waals surface area contributed by atoms with Crippen molar-refractivity contribution in [1.29, 1.82) is 0 Å². The molecule has 2 N–H and O–H groups in total. The van der Waals surface area contributed by atoms with Crippen molar-refractivity contribution < 1.29 is 9.59 Å². The number of hydrogen-bond donors (Lipinski definition) is 2. The van der Waals surface area contributed by atoms with Crippen LogP contribution in [0.1, 0.15) is 35.6 Å². The molecule has 27 heavy (non-hydrogen) atoms. The SMILES string of the molecule is CCC(C(=O)Nc1c(C)cc(C)cc1Cl)C(=O)Nc1c(C)cc(C)cc1Cl. The first kappa shape index (κ1) is 21.3. The molecule has 2 aromatic carbocycles. The Morgan fingerprint density at radius 3 is 1.48 bits per heavy atom. The topological polar surface area (TPSA) is 58.2 Å². The van der Waals surface area contributed by atoms with Crippen molar-refractivity contribution >= 4 is 46.4 Å². The van der Waals surface area contributed by atoms with Crippen LogP contribution in [-0.4, -0.2) is 11.8 Å². The first-order valence-corrected chi connectivity index (χ1v) is 9.54. The van der Waals surface area contributed by atoms with Crippen molar-refractivity contribution in [2.24, 2.45) is 5.92 Å². The minimum absolute atomic E-state index is 0.350. The number of halogens is 2. The Balaban J connectivity index is 2.21. The van der Waals surface area contributed by atoms with Crippen LogP contribution >= 0.6 is 23.2 Å². The summed E-state index contributed by atoms with van der Waals surface area (Å²) in [7, 11) is 0. The summed E-state index contributed by atoms with van der Waals surface area (Å²) in [4.78, 5) is 25.5. The summed E-state index contributed by atoms with van der Waals surface area (Å²) < 4.78 is 0. The monoisotopic (exact) mass is 406 g/mol. The second kappa shape index (κ2) is 8.77. The maximum atomic E-state index is 12.7. The zero-order chi connectivity index (χ0) is 20.3. The molecule has 0 bridgehead atoms. The van der Waals surface area contributed by atoms with Crippen LogP contribution in [0, 0.1) is 33.6 Å². The lowest BCUT2D eigenvalue weighted by molar-refractivity contribution is -0.129. The van der Waals surface area contributed by atoms with Crippen LogP contribution in [0.3, 0.4) is 0 Å². The van der Waals surface area contributed by atoms with Gasteiger partial charge < -0.3 is 10.6 Å².